The lowest BCUT2D eigenvalue weighted by Crippen LogP contribution is -2.77. The maximum absolute atomic E-state index is 14.2. The number of nitrogens with zero attached hydrogens (tertiary/aromatic N) is 4. The molecule has 0 bridgehead atoms. The van der Waals surface area contributed by atoms with Crippen molar-refractivity contribution < 1.29 is 81.1 Å². The van der Waals surface area contributed by atoms with Gasteiger partial charge in [-0.25, -0.2) is 24.3 Å². The van der Waals surface area contributed by atoms with Crippen molar-refractivity contribution >= 4 is 50.7 Å². The highest BCUT2D eigenvalue weighted by Gasteiger charge is 2.70. The Kier molecular flexibility index (Phi) is 16.6. The van der Waals surface area contributed by atoms with Crippen LogP contribution in [0.5, 0.6) is 0 Å². The molecule has 25 heteroatoms. The molecule has 2 aromatic carbocycles. The summed E-state index contributed by atoms with van der Waals surface area (Å²) in [6.45, 7) is 0.512. The van der Waals surface area contributed by atoms with Gasteiger partial charge in [0.15, 0.2) is 6.10 Å². The lowest BCUT2D eigenvalue weighted by Gasteiger charge is -2.54. The minimum atomic E-state index is -5.15. The predicted molar refractivity (Wildman–Crippen MR) is 199 cm³/mol. The van der Waals surface area contributed by atoms with Gasteiger partial charge in [-0.1, -0.05) is 65.8 Å². The predicted octanol–water partition coefficient (Wildman–Crippen LogP) is 4.73. The quantitative estimate of drug-likeness (QED) is 0.0146. The number of esters is 2. The number of unbranched alkanes of at least 4 members (excludes halogenated alkanes) is 1. The molecule has 4 rings (SSSR count). The number of β-lactam (4-membered cyclic amide) rings is 1. The van der Waals surface area contributed by atoms with Crippen LogP contribution in [0.4, 0.5) is 0 Å². The molecule has 58 heavy (non-hydrogen) atoms. The highest BCUT2D eigenvalue weighted by Crippen LogP contribution is 2.78. The number of aliphatic hydroxyl groups is 1. The maximum atomic E-state index is 14.2. The number of thioether (sulfide) groups is 1. The first-order chi connectivity index (χ1) is 27.7. The van der Waals surface area contributed by atoms with Gasteiger partial charge in [-0.3, -0.25) is 28.4 Å². The van der Waals surface area contributed by atoms with Crippen molar-refractivity contribution in [2.45, 2.75) is 48.3 Å². The first-order valence-corrected chi connectivity index (χ1v) is 21.2. The van der Waals surface area contributed by atoms with E-state index >= 15 is 0 Å². The minimum Gasteiger partial charge on any atom is -0.461 e. The number of rotatable bonds is 23. The third-order valence-electron chi connectivity index (χ3n) is 8.54. The monoisotopic (exact) mass is 873 g/mol. The third-order valence-corrected chi connectivity index (χ3v) is 15.0. The zero-order valence-electron chi connectivity index (χ0n) is 31.7. The highest BCUT2D eigenvalue weighted by molar-refractivity contribution is 8.00. The van der Waals surface area contributed by atoms with Gasteiger partial charge in [-0.05, 0) is 29.5 Å². The number of hydrogen-bond donors (Lipinski definition) is 2. The molecule has 0 radical (unpaired) electrons. The Morgan fingerprint density at radius 1 is 0.948 bits per heavy atom. The van der Waals surface area contributed by atoms with E-state index in [1.807, 2.05) is 0 Å². The second-order valence-corrected chi connectivity index (χ2v) is 17.6. The van der Waals surface area contributed by atoms with Crippen molar-refractivity contribution in [2.75, 3.05) is 47.3 Å². The molecular formula is C33H41N5O17P2S. The fraction of sp³-hybridized carbons (Fsp3) is 0.455. The molecule has 22 nitrogen and oxygen atoms in total. The fourth-order valence-electron chi connectivity index (χ4n) is 5.96. The number of benzene rings is 2. The van der Waals surface area contributed by atoms with Gasteiger partial charge >= 0.3 is 27.1 Å². The molecule has 2 aromatic rings. The summed E-state index contributed by atoms with van der Waals surface area (Å²) in [6, 6.07) is 17.6. The smallest absolute Gasteiger partial charge is 0.428 e. The van der Waals surface area contributed by atoms with Crippen molar-refractivity contribution in [3.8, 4) is 0 Å². The van der Waals surface area contributed by atoms with E-state index in [-0.39, 0.29) is 43.0 Å². The zero-order chi connectivity index (χ0) is 42.6. The Balaban J connectivity index is 1.57. The zero-order valence-corrected chi connectivity index (χ0v) is 34.3. The normalized spacial score (nSPS) is 18.2. The molecule has 1 saturated heterocycles. The molecule has 316 valence electrons. The van der Waals surface area contributed by atoms with Crippen LogP contribution >= 0.6 is 27.0 Å². The Hall–Kier alpha value is -4.18. The van der Waals surface area contributed by atoms with E-state index in [1.54, 1.807) is 60.7 Å². The van der Waals surface area contributed by atoms with Crippen LogP contribution in [0.3, 0.4) is 0 Å². The molecule has 2 atom stereocenters. The standard InChI is InChI=1S/C33H41N5O17P2S/c1-22(39)50-20-25-21-58-31-33(36-37-34,30(42)38(31)26(25)28(40)51-27(23-14-8-6-9-15-23)24-16-10-7-11-17-24)29(41)35-19-13-12-18-32(43,56(44,52-46-2)53-47-3)57(45,54-48-4)55-49-5/h6-11,14-17,27,31,43H,12-13,18-21H2,1-5H3,(H,35,41)/t31-,33?/m1/s1. The molecule has 2 heterocycles. The number of carbonyl (C=O) groups excluding carboxylic acids is 4. The van der Waals surface area contributed by atoms with E-state index < -0.39 is 67.5 Å². The number of amides is 2. The summed E-state index contributed by atoms with van der Waals surface area (Å²) in [7, 11) is -6.67. The maximum Gasteiger partial charge on any atom is 0.428 e. The van der Waals surface area contributed by atoms with Gasteiger partial charge in [0.05, 0.1) is 28.4 Å². The van der Waals surface area contributed by atoms with Gasteiger partial charge in [-0.2, -0.15) is 0 Å². The van der Waals surface area contributed by atoms with E-state index in [0.717, 1.165) is 45.1 Å². The number of nitrogens with one attached hydrogen (secondary N) is 1. The Morgan fingerprint density at radius 3 is 1.93 bits per heavy atom. The number of fused-ring (bicyclic) bond motifs is 1. The topological polar surface area (TPSA) is 279 Å². The van der Waals surface area contributed by atoms with Crippen LogP contribution in [0.1, 0.15) is 43.4 Å². The van der Waals surface area contributed by atoms with E-state index in [9.17, 15) is 38.9 Å². The van der Waals surface area contributed by atoms with Crippen LogP contribution in [0.15, 0.2) is 77.0 Å². The van der Waals surface area contributed by atoms with Gasteiger partial charge in [0.1, 0.15) is 17.7 Å². The summed E-state index contributed by atoms with van der Waals surface area (Å²) in [4.78, 5) is 75.3. The molecule has 0 aromatic heterocycles. The molecule has 0 spiro atoms. The first-order valence-electron chi connectivity index (χ1n) is 17.0. The first kappa shape index (κ1) is 46.5. The van der Waals surface area contributed by atoms with E-state index in [0.29, 0.717) is 11.1 Å². The Bertz CT molecular complexity index is 1880. The van der Waals surface area contributed by atoms with Crippen molar-refractivity contribution in [1.82, 2.24) is 10.2 Å². The molecule has 2 N–H and O–H groups in total. The van der Waals surface area contributed by atoms with Gasteiger partial charge in [-0.15, -0.1) is 30.5 Å². The lowest BCUT2D eigenvalue weighted by molar-refractivity contribution is -0.264. The summed E-state index contributed by atoms with van der Waals surface area (Å²) >= 11 is 0.980. The van der Waals surface area contributed by atoms with Crippen LogP contribution < -0.4 is 5.32 Å². The molecule has 0 saturated carbocycles. The van der Waals surface area contributed by atoms with Crippen molar-refractivity contribution in [2.24, 2.45) is 5.11 Å². The van der Waals surface area contributed by atoms with Crippen molar-refractivity contribution in [3.05, 3.63) is 93.5 Å². The summed E-state index contributed by atoms with van der Waals surface area (Å²) in [5, 5.41) is 13.2. The number of ether oxygens (including phenoxy) is 2. The lowest BCUT2D eigenvalue weighted by atomic mass is 9.86. The molecular weight excluding hydrogens is 832 g/mol. The van der Waals surface area contributed by atoms with Crippen LogP contribution in [-0.2, 0) is 76.0 Å². The molecule has 2 amide bonds. The summed E-state index contributed by atoms with van der Waals surface area (Å²) < 4.78 is 57.0. The molecule has 1 fully saturated rings. The summed E-state index contributed by atoms with van der Waals surface area (Å²) in [5.74, 6) is -3.78. The number of carbonyl (C=O) groups is 4. The van der Waals surface area contributed by atoms with E-state index in [1.165, 1.54) is 6.92 Å². The molecule has 2 aliphatic rings. The van der Waals surface area contributed by atoms with E-state index in [2.05, 4.69) is 53.6 Å². The number of hydrogen-bond acceptors (Lipinski definition) is 19. The minimum absolute atomic E-state index is 0.0393. The Morgan fingerprint density at radius 2 is 1.47 bits per heavy atom. The Labute approximate surface area is 335 Å². The average molecular weight is 874 g/mol. The van der Waals surface area contributed by atoms with Crippen LogP contribution in [0.25, 0.3) is 10.4 Å². The SMILES string of the molecule is COOP(=O)(OOC)C(O)(CCCCNC(=O)C1(N=[N+]=[N-])C(=O)N2C(C(=O)OC(c3ccccc3)c3ccccc3)=C(COC(C)=O)CS[C@@H]21)P(=O)(OOC)OOC. The summed E-state index contributed by atoms with van der Waals surface area (Å²) in [5.41, 5.74) is 8.32. The summed E-state index contributed by atoms with van der Waals surface area (Å²) in [6.07, 6.45) is -2.06. The second-order valence-electron chi connectivity index (χ2n) is 12.1. The fourth-order valence-corrected chi connectivity index (χ4v) is 11.2. The third kappa shape index (κ3) is 9.48. The van der Waals surface area contributed by atoms with Gasteiger partial charge < -0.3 is 19.9 Å². The molecule has 0 aliphatic carbocycles. The average Bonchev–Trinajstić information content (AvgIpc) is 3.21. The number of azide groups is 1. The highest BCUT2D eigenvalue weighted by atomic mass is 32.2. The van der Waals surface area contributed by atoms with Crippen molar-refractivity contribution in [1.29, 1.82) is 0 Å². The van der Waals surface area contributed by atoms with Gasteiger partial charge in [0.2, 0.25) is 11.4 Å². The van der Waals surface area contributed by atoms with Crippen LogP contribution in [0.2, 0.25) is 0 Å². The van der Waals surface area contributed by atoms with Crippen molar-refractivity contribution in [3.63, 3.8) is 0 Å². The van der Waals surface area contributed by atoms with Gasteiger partial charge in [0, 0.05) is 36.1 Å². The van der Waals surface area contributed by atoms with E-state index in [4.69, 9.17) is 9.47 Å². The van der Waals surface area contributed by atoms with Gasteiger partial charge in [0.25, 0.3) is 11.0 Å². The largest absolute Gasteiger partial charge is 0.461 e. The molecule has 2 aliphatic heterocycles. The molecule has 1 unspecified atom stereocenters. The van der Waals surface area contributed by atoms with Crippen LogP contribution in [0, 0.1) is 0 Å². The van der Waals surface area contributed by atoms with Crippen LogP contribution in [-0.4, -0.2) is 97.1 Å². The second kappa shape index (κ2) is 20.7.